The van der Waals surface area contributed by atoms with Gasteiger partial charge in [0.1, 0.15) is 0 Å². The molecule has 0 amide bonds. The largest absolute Gasteiger partial charge is 0.415 e. The SMILES string of the molecule is CC(C)(C)[Si](C)(C)OC[C@@H]1C(O[Si](C)(C)C(C)(C)C)C(O[Si](C)(C)C(C)(C)C)C(O[Si](C)(C)C(C)(C)C)CN1CCCCCCNc1ccc(-n2nccn2)cc1. The highest BCUT2D eigenvalue weighted by Crippen LogP contribution is 2.46. The number of nitrogens with one attached hydrogen (secondary N) is 1. The van der Waals surface area contributed by atoms with Crippen LogP contribution in [0.2, 0.25) is 72.5 Å². The zero-order valence-electron chi connectivity index (χ0n) is 40.4. The standard InChI is InChI=1S/C44H87N5O4Si4/c1-41(2,3)54(13,14)50-34-37-39(52-56(17,18)43(7,8)9)40(53-57(19,20)44(10,11)12)38(51-55(15,16)42(4,5)6)33-48(37)32-24-22-21-23-29-45-35-25-27-36(28-26-35)49-46-30-31-47-49/h25-28,30-31,37-40,45H,21-24,29,32-34H2,1-20H3/t37-,38?,39?,40?/m1/s1. The van der Waals surface area contributed by atoms with Crippen LogP contribution in [0.15, 0.2) is 36.7 Å². The molecule has 0 radical (unpaired) electrons. The van der Waals surface area contributed by atoms with Gasteiger partial charge in [0.05, 0.1) is 49.0 Å². The molecule has 2 aromatic rings. The van der Waals surface area contributed by atoms with Gasteiger partial charge in [0, 0.05) is 18.8 Å². The van der Waals surface area contributed by atoms with Crippen LogP contribution in [-0.2, 0) is 17.7 Å². The van der Waals surface area contributed by atoms with E-state index in [1.54, 1.807) is 17.2 Å². The molecule has 3 rings (SSSR count). The first-order valence-corrected chi connectivity index (χ1v) is 33.6. The number of unbranched alkanes of at least 4 members (excludes halogenated alkanes) is 3. The summed E-state index contributed by atoms with van der Waals surface area (Å²) < 4.78 is 30.1. The van der Waals surface area contributed by atoms with Gasteiger partial charge in [-0.15, -0.1) is 0 Å². The van der Waals surface area contributed by atoms with Crippen LogP contribution in [0.4, 0.5) is 5.69 Å². The number of hydrogen-bond donors (Lipinski definition) is 1. The summed E-state index contributed by atoms with van der Waals surface area (Å²) in [6.45, 7) is 50.8. The molecular weight excluding hydrogens is 775 g/mol. The van der Waals surface area contributed by atoms with Crippen molar-refractivity contribution < 1.29 is 17.7 Å². The fraction of sp³-hybridized carbons (Fsp3) is 0.818. The Balaban J connectivity index is 1.93. The second-order valence-corrected chi connectivity index (χ2v) is 42.0. The van der Waals surface area contributed by atoms with Gasteiger partial charge < -0.3 is 23.0 Å². The van der Waals surface area contributed by atoms with Gasteiger partial charge in [0.25, 0.3) is 0 Å². The maximum atomic E-state index is 7.72. The summed E-state index contributed by atoms with van der Waals surface area (Å²) in [6, 6.07) is 8.39. The lowest BCUT2D eigenvalue weighted by atomic mass is 9.94. The van der Waals surface area contributed by atoms with E-state index >= 15 is 0 Å². The van der Waals surface area contributed by atoms with E-state index in [1.807, 2.05) is 0 Å². The molecular formula is C44H87N5O4Si4. The van der Waals surface area contributed by atoms with E-state index in [0.717, 1.165) is 43.9 Å². The number of anilines is 1. The predicted octanol–water partition coefficient (Wildman–Crippen LogP) is 12.1. The number of benzene rings is 1. The summed E-state index contributed by atoms with van der Waals surface area (Å²) >= 11 is 0. The molecule has 1 N–H and O–H groups in total. The van der Waals surface area contributed by atoms with Crippen molar-refractivity contribution in [3.8, 4) is 5.69 Å². The van der Waals surface area contributed by atoms with E-state index in [1.165, 1.54) is 12.8 Å². The lowest BCUT2D eigenvalue weighted by molar-refractivity contribution is -0.128. The second kappa shape index (κ2) is 18.8. The molecule has 1 aromatic heterocycles. The van der Waals surface area contributed by atoms with E-state index < -0.39 is 33.3 Å². The van der Waals surface area contributed by atoms with Crippen LogP contribution in [0, 0.1) is 0 Å². The van der Waals surface area contributed by atoms with E-state index in [4.69, 9.17) is 17.7 Å². The Hall–Kier alpha value is -1.17. The molecule has 3 unspecified atom stereocenters. The van der Waals surface area contributed by atoms with Crippen molar-refractivity contribution in [2.24, 2.45) is 0 Å². The van der Waals surface area contributed by atoms with Gasteiger partial charge in [-0.25, -0.2) is 0 Å². The molecule has 2 heterocycles. The Morgan fingerprint density at radius 1 is 0.596 bits per heavy atom. The Bertz CT molecular complexity index is 1510. The van der Waals surface area contributed by atoms with Crippen molar-refractivity contribution >= 4 is 39.0 Å². The topological polar surface area (TPSA) is 82.9 Å². The highest BCUT2D eigenvalue weighted by molar-refractivity contribution is 6.75. The number of nitrogens with zero attached hydrogens (tertiary/aromatic N) is 4. The molecule has 1 fully saturated rings. The Labute approximate surface area is 354 Å². The molecule has 13 heteroatoms. The van der Waals surface area contributed by atoms with E-state index in [0.29, 0.717) is 6.61 Å². The molecule has 0 spiro atoms. The third-order valence-corrected chi connectivity index (χ3v) is 32.3. The van der Waals surface area contributed by atoms with Crippen molar-refractivity contribution in [3.05, 3.63) is 36.7 Å². The van der Waals surface area contributed by atoms with Crippen LogP contribution in [0.1, 0.15) is 109 Å². The highest BCUT2D eigenvalue weighted by Gasteiger charge is 2.55. The Kier molecular flexibility index (Phi) is 16.6. The molecule has 57 heavy (non-hydrogen) atoms. The normalized spacial score (nSPS) is 21.3. The summed E-state index contributed by atoms with van der Waals surface area (Å²) in [5.74, 6) is 0. The van der Waals surface area contributed by atoms with Gasteiger partial charge in [0.2, 0.25) is 0 Å². The smallest absolute Gasteiger partial charge is 0.192 e. The minimum Gasteiger partial charge on any atom is -0.415 e. The monoisotopic (exact) mass is 862 g/mol. The van der Waals surface area contributed by atoms with Gasteiger partial charge in [-0.1, -0.05) is 95.9 Å². The molecule has 328 valence electrons. The van der Waals surface area contributed by atoms with E-state index in [2.05, 4.69) is 180 Å². The first kappa shape index (κ1) is 50.2. The third-order valence-electron chi connectivity index (χ3n) is 14.3. The quantitative estimate of drug-likeness (QED) is 0.117. The fourth-order valence-corrected chi connectivity index (χ4v) is 11.1. The van der Waals surface area contributed by atoms with Crippen LogP contribution in [-0.4, -0.2) is 104 Å². The lowest BCUT2D eigenvalue weighted by Crippen LogP contribution is -2.70. The summed E-state index contributed by atoms with van der Waals surface area (Å²) in [6.07, 6.45) is 7.57. The van der Waals surface area contributed by atoms with Gasteiger partial charge in [-0.05, 0) is 116 Å². The van der Waals surface area contributed by atoms with Crippen molar-refractivity contribution in [1.82, 2.24) is 19.9 Å². The fourth-order valence-electron chi connectivity index (χ4n) is 6.15. The zero-order valence-corrected chi connectivity index (χ0v) is 44.4. The van der Waals surface area contributed by atoms with Crippen molar-refractivity contribution in [1.29, 1.82) is 0 Å². The van der Waals surface area contributed by atoms with Crippen LogP contribution in [0.5, 0.6) is 0 Å². The maximum absolute atomic E-state index is 7.72. The average molecular weight is 863 g/mol. The summed E-state index contributed by atoms with van der Waals surface area (Å²) in [5.41, 5.74) is 2.09. The van der Waals surface area contributed by atoms with Crippen LogP contribution >= 0.6 is 0 Å². The minimum absolute atomic E-state index is 0.0461. The van der Waals surface area contributed by atoms with Gasteiger partial charge in [-0.2, -0.15) is 15.0 Å². The molecule has 0 aliphatic carbocycles. The molecule has 1 aliphatic rings. The number of likely N-dealkylation sites (tertiary alicyclic amines) is 1. The number of piperidine rings is 1. The first-order valence-electron chi connectivity index (χ1n) is 21.9. The number of aromatic nitrogens is 3. The molecule has 1 aromatic carbocycles. The van der Waals surface area contributed by atoms with Crippen LogP contribution in [0.3, 0.4) is 0 Å². The number of rotatable bonds is 18. The average Bonchev–Trinajstić information content (AvgIpc) is 3.59. The molecule has 9 nitrogen and oxygen atoms in total. The Morgan fingerprint density at radius 3 is 1.54 bits per heavy atom. The second-order valence-electron chi connectivity index (χ2n) is 22.9. The zero-order chi connectivity index (χ0) is 43.5. The third kappa shape index (κ3) is 13.4. The number of hydrogen-bond acceptors (Lipinski definition) is 8. The van der Waals surface area contributed by atoms with Gasteiger partial charge >= 0.3 is 0 Å². The van der Waals surface area contributed by atoms with Gasteiger partial charge in [-0.3, -0.25) is 4.90 Å². The summed E-state index contributed by atoms with van der Waals surface area (Å²) in [5, 5.41) is 12.4. The summed E-state index contributed by atoms with van der Waals surface area (Å²) in [7, 11) is -8.73. The minimum atomic E-state index is -2.26. The van der Waals surface area contributed by atoms with Crippen molar-refractivity contribution in [2.45, 2.75) is 206 Å². The first-order chi connectivity index (χ1) is 25.8. The molecule has 1 saturated heterocycles. The molecule has 0 saturated carbocycles. The lowest BCUT2D eigenvalue weighted by Gasteiger charge is -2.56. The van der Waals surface area contributed by atoms with Crippen LogP contribution in [0.25, 0.3) is 5.69 Å². The Morgan fingerprint density at radius 2 is 1.05 bits per heavy atom. The highest BCUT2D eigenvalue weighted by atomic mass is 28.4. The van der Waals surface area contributed by atoms with E-state index in [-0.39, 0.29) is 44.5 Å². The molecule has 1 aliphatic heterocycles. The van der Waals surface area contributed by atoms with Gasteiger partial charge in [0.15, 0.2) is 33.3 Å². The van der Waals surface area contributed by atoms with Crippen molar-refractivity contribution in [2.75, 3.05) is 31.6 Å². The van der Waals surface area contributed by atoms with Crippen LogP contribution < -0.4 is 5.32 Å². The van der Waals surface area contributed by atoms with E-state index in [9.17, 15) is 0 Å². The maximum Gasteiger partial charge on any atom is 0.192 e. The predicted molar refractivity (Wildman–Crippen MR) is 253 cm³/mol. The summed E-state index contributed by atoms with van der Waals surface area (Å²) in [4.78, 5) is 4.35. The molecule has 4 atom stereocenters. The molecule has 0 bridgehead atoms. The van der Waals surface area contributed by atoms with Crippen molar-refractivity contribution in [3.63, 3.8) is 0 Å².